The molecule has 0 heterocycles. The number of nitrogens with one attached hydrogen (secondary N) is 1. The SMILES string of the molecule is CN(CCCN[C@H](C(N)=O)C(C)(C)C)Cc1ccccc1. The molecule has 0 saturated heterocycles. The zero-order valence-corrected chi connectivity index (χ0v) is 13.7. The van der Waals surface area contributed by atoms with Gasteiger partial charge in [-0.25, -0.2) is 0 Å². The van der Waals surface area contributed by atoms with Gasteiger partial charge in [-0.05, 0) is 37.5 Å². The van der Waals surface area contributed by atoms with Crippen LogP contribution in [0.4, 0.5) is 0 Å². The van der Waals surface area contributed by atoms with Crippen molar-refractivity contribution in [2.45, 2.75) is 39.8 Å². The minimum absolute atomic E-state index is 0.151. The first-order valence-electron chi connectivity index (χ1n) is 7.56. The van der Waals surface area contributed by atoms with E-state index in [9.17, 15) is 4.79 Å². The maximum absolute atomic E-state index is 11.5. The first kappa shape index (κ1) is 17.7. The lowest BCUT2D eigenvalue weighted by Crippen LogP contribution is -2.50. The first-order chi connectivity index (χ1) is 9.80. The van der Waals surface area contributed by atoms with Gasteiger partial charge in [-0.2, -0.15) is 0 Å². The fourth-order valence-corrected chi connectivity index (χ4v) is 2.40. The van der Waals surface area contributed by atoms with Gasteiger partial charge in [0.25, 0.3) is 0 Å². The van der Waals surface area contributed by atoms with Crippen molar-refractivity contribution < 1.29 is 4.79 Å². The third-order valence-electron chi connectivity index (χ3n) is 3.51. The summed E-state index contributed by atoms with van der Waals surface area (Å²) in [6.45, 7) is 8.80. The topological polar surface area (TPSA) is 58.4 Å². The molecule has 0 unspecified atom stereocenters. The summed E-state index contributed by atoms with van der Waals surface area (Å²) >= 11 is 0. The van der Waals surface area contributed by atoms with E-state index in [4.69, 9.17) is 5.73 Å². The molecule has 0 bridgehead atoms. The van der Waals surface area contributed by atoms with E-state index in [-0.39, 0.29) is 17.4 Å². The molecule has 0 fully saturated rings. The maximum atomic E-state index is 11.5. The van der Waals surface area contributed by atoms with E-state index in [2.05, 4.69) is 41.5 Å². The summed E-state index contributed by atoms with van der Waals surface area (Å²) < 4.78 is 0. The Balaban J connectivity index is 2.28. The van der Waals surface area contributed by atoms with E-state index >= 15 is 0 Å². The smallest absolute Gasteiger partial charge is 0.235 e. The van der Waals surface area contributed by atoms with Crippen molar-refractivity contribution in [3.05, 3.63) is 35.9 Å². The molecule has 21 heavy (non-hydrogen) atoms. The zero-order valence-electron chi connectivity index (χ0n) is 13.7. The number of amides is 1. The second kappa shape index (κ2) is 8.15. The number of nitrogens with two attached hydrogens (primary N) is 1. The Morgan fingerprint density at radius 3 is 2.43 bits per heavy atom. The Hall–Kier alpha value is -1.39. The highest BCUT2D eigenvalue weighted by Gasteiger charge is 2.28. The largest absolute Gasteiger partial charge is 0.368 e. The minimum atomic E-state index is -0.281. The molecular weight excluding hydrogens is 262 g/mol. The number of hydrogen-bond donors (Lipinski definition) is 2. The summed E-state index contributed by atoms with van der Waals surface area (Å²) in [6.07, 6.45) is 0.989. The molecule has 1 amide bonds. The predicted molar refractivity (Wildman–Crippen MR) is 87.8 cm³/mol. The summed E-state index contributed by atoms with van der Waals surface area (Å²) in [4.78, 5) is 13.7. The van der Waals surface area contributed by atoms with Gasteiger partial charge in [0.2, 0.25) is 5.91 Å². The van der Waals surface area contributed by atoms with Crippen LogP contribution in [0.5, 0.6) is 0 Å². The zero-order chi connectivity index (χ0) is 15.9. The van der Waals surface area contributed by atoms with Gasteiger partial charge >= 0.3 is 0 Å². The van der Waals surface area contributed by atoms with Crippen molar-refractivity contribution >= 4 is 5.91 Å². The quantitative estimate of drug-likeness (QED) is 0.720. The van der Waals surface area contributed by atoms with Gasteiger partial charge in [0.15, 0.2) is 0 Å². The van der Waals surface area contributed by atoms with Crippen molar-refractivity contribution in [3.63, 3.8) is 0 Å². The molecule has 0 aliphatic carbocycles. The molecule has 0 spiro atoms. The number of carbonyl (C=O) groups is 1. The van der Waals surface area contributed by atoms with Crippen LogP contribution in [0, 0.1) is 5.41 Å². The van der Waals surface area contributed by atoms with Gasteiger partial charge in [0, 0.05) is 6.54 Å². The Bertz CT molecular complexity index is 425. The minimum Gasteiger partial charge on any atom is -0.368 e. The number of hydrogen-bond acceptors (Lipinski definition) is 3. The number of rotatable bonds is 8. The van der Waals surface area contributed by atoms with Gasteiger partial charge in [-0.15, -0.1) is 0 Å². The third kappa shape index (κ3) is 6.74. The lowest BCUT2D eigenvalue weighted by Gasteiger charge is -2.29. The van der Waals surface area contributed by atoms with E-state index < -0.39 is 0 Å². The molecule has 4 nitrogen and oxygen atoms in total. The van der Waals surface area contributed by atoms with Crippen molar-refractivity contribution in [2.24, 2.45) is 11.1 Å². The van der Waals surface area contributed by atoms with Crippen molar-refractivity contribution in [3.8, 4) is 0 Å². The Labute approximate surface area is 128 Å². The molecule has 0 radical (unpaired) electrons. The van der Waals surface area contributed by atoms with Crippen LogP contribution < -0.4 is 11.1 Å². The van der Waals surface area contributed by atoms with E-state index in [1.54, 1.807) is 0 Å². The molecular formula is C17H29N3O. The number of carbonyl (C=O) groups excluding carboxylic acids is 1. The number of primary amides is 1. The average Bonchev–Trinajstić information content (AvgIpc) is 2.37. The van der Waals surface area contributed by atoms with Crippen molar-refractivity contribution in [1.82, 2.24) is 10.2 Å². The lowest BCUT2D eigenvalue weighted by atomic mass is 9.86. The summed E-state index contributed by atoms with van der Waals surface area (Å²) in [5.41, 5.74) is 6.62. The molecule has 3 N–H and O–H groups in total. The van der Waals surface area contributed by atoms with E-state index in [0.717, 1.165) is 26.1 Å². The maximum Gasteiger partial charge on any atom is 0.235 e. The monoisotopic (exact) mass is 291 g/mol. The summed E-state index contributed by atoms with van der Waals surface area (Å²) in [5, 5.41) is 3.28. The first-order valence-corrected chi connectivity index (χ1v) is 7.56. The van der Waals surface area contributed by atoms with Crippen LogP contribution in [-0.2, 0) is 11.3 Å². The Morgan fingerprint density at radius 1 is 1.29 bits per heavy atom. The third-order valence-corrected chi connectivity index (χ3v) is 3.51. The van der Waals surface area contributed by atoms with Crippen molar-refractivity contribution in [1.29, 1.82) is 0 Å². The lowest BCUT2D eigenvalue weighted by molar-refractivity contribution is -0.122. The average molecular weight is 291 g/mol. The second-order valence-corrected chi connectivity index (χ2v) is 6.73. The Kier molecular flexibility index (Phi) is 6.85. The normalized spacial score (nSPS) is 13.4. The van der Waals surface area contributed by atoms with Crippen molar-refractivity contribution in [2.75, 3.05) is 20.1 Å². The molecule has 4 heteroatoms. The standard InChI is InChI=1S/C17H29N3O/c1-17(2,3)15(16(18)21)19-11-8-12-20(4)13-14-9-6-5-7-10-14/h5-7,9-10,15,19H,8,11-13H2,1-4H3,(H2,18,21)/t15-/m1/s1. The molecule has 1 aromatic rings. The molecule has 0 aliphatic rings. The summed E-state index contributed by atoms with van der Waals surface area (Å²) in [6, 6.07) is 10.1. The van der Waals surface area contributed by atoms with E-state index in [1.165, 1.54) is 5.56 Å². The van der Waals surface area contributed by atoms with Crippen LogP contribution in [0.15, 0.2) is 30.3 Å². The van der Waals surface area contributed by atoms with Crippen LogP contribution in [0.2, 0.25) is 0 Å². The molecule has 0 aliphatic heterocycles. The number of benzene rings is 1. The van der Waals surface area contributed by atoms with Gasteiger partial charge in [0.05, 0.1) is 6.04 Å². The highest BCUT2D eigenvalue weighted by atomic mass is 16.1. The highest BCUT2D eigenvalue weighted by molar-refractivity contribution is 5.80. The highest BCUT2D eigenvalue weighted by Crippen LogP contribution is 2.18. The molecule has 1 rings (SSSR count). The summed E-state index contributed by atoms with van der Waals surface area (Å²) in [5.74, 6) is -0.278. The van der Waals surface area contributed by atoms with Gasteiger partial charge < -0.3 is 16.0 Å². The fraction of sp³-hybridized carbons (Fsp3) is 0.588. The van der Waals surface area contributed by atoms with Crippen LogP contribution in [0.25, 0.3) is 0 Å². The molecule has 1 atom stereocenters. The van der Waals surface area contributed by atoms with Crippen LogP contribution in [0.3, 0.4) is 0 Å². The molecule has 118 valence electrons. The van der Waals surface area contributed by atoms with Gasteiger partial charge in [-0.3, -0.25) is 4.79 Å². The predicted octanol–water partition coefficient (Wildman–Crippen LogP) is 2.00. The summed E-state index contributed by atoms with van der Waals surface area (Å²) in [7, 11) is 2.11. The second-order valence-electron chi connectivity index (χ2n) is 6.73. The molecule has 0 saturated carbocycles. The van der Waals surface area contributed by atoms with Crippen LogP contribution in [-0.4, -0.2) is 37.0 Å². The van der Waals surface area contributed by atoms with Gasteiger partial charge in [0.1, 0.15) is 0 Å². The number of nitrogens with zero attached hydrogens (tertiary/aromatic N) is 1. The molecule has 1 aromatic carbocycles. The van der Waals surface area contributed by atoms with E-state index in [0.29, 0.717) is 0 Å². The fourth-order valence-electron chi connectivity index (χ4n) is 2.40. The van der Waals surface area contributed by atoms with Crippen LogP contribution in [0.1, 0.15) is 32.8 Å². The van der Waals surface area contributed by atoms with E-state index in [1.807, 2.05) is 26.8 Å². The molecule has 0 aromatic heterocycles. The Morgan fingerprint density at radius 2 is 1.90 bits per heavy atom. The van der Waals surface area contributed by atoms with Gasteiger partial charge in [-0.1, -0.05) is 51.1 Å². The van der Waals surface area contributed by atoms with Crippen LogP contribution >= 0.6 is 0 Å².